The minimum atomic E-state index is -3.41. The molecule has 5 nitrogen and oxygen atoms in total. The molecule has 0 spiro atoms. The largest absolute Gasteiger partial charge is 0.497 e. The number of benzene rings is 2. The molecule has 0 saturated carbocycles. The zero-order valence-corrected chi connectivity index (χ0v) is 12.5. The molecule has 7 heteroatoms. The van der Waals surface area contributed by atoms with Gasteiger partial charge in [0.25, 0.3) is 5.91 Å². The Morgan fingerprint density at radius 1 is 1.12 bits per heavy atom. The number of alkyl halides is 1. The van der Waals surface area contributed by atoms with E-state index in [1.165, 1.54) is 43.5 Å². The molecular formula is C17H12F2N2O3. The van der Waals surface area contributed by atoms with Gasteiger partial charge in [0, 0.05) is 11.3 Å². The number of halogens is 2. The maximum atomic E-state index is 14.7. The zero-order chi connectivity index (χ0) is 17.7. The predicted molar refractivity (Wildman–Crippen MR) is 81.8 cm³/mol. The highest BCUT2D eigenvalue weighted by atomic mass is 19.1. The van der Waals surface area contributed by atoms with Crippen molar-refractivity contribution in [1.29, 1.82) is 5.26 Å². The number of nitrogens with zero attached hydrogens (tertiary/aromatic N) is 1. The Balaban J connectivity index is 2.25. The summed E-state index contributed by atoms with van der Waals surface area (Å²) in [5, 5.41) is 11.1. The summed E-state index contributed by atoms with van der Waals surface area (Å²) in [5.41, 5.74) is -3.52. The van der Waals surface area contributed by atoms with Gasteiger partial charge in [0.1, 0.15) is 17.6 Å². The van der Waals surface area contributed by atoms with Gasteiger partial charge < -0.3 is 10.1 Å². The molecule has 0 aliphatic carbocycles. The molecule has 0 bridgehead atoms. The molecule has 24 heavy (non-hydrogen) atoms. The molecule has 0 fully saturated rings. The third kappa shape index (κ3) is 3.38. The number of anilines is 1. The fourth-order valence-electron chi connectivity index (χ4n) is 1.90. The van der Waals surface area contributed by atoms with Crippen LogP contribution in [0, 0.1) is 17.1 Å². The third-order valence-electron chi connectivity index (χ3n) is 3.23. The van der Waals surface area contributed by atoms with Gasteiger partial charge in [-0.25, -0.2) is 8.78 Å². The standard InChI is InChI=1S/C17H12F2N2O3/c1-24-14-8-2-11(3-9-14)15(22)17(19,10-20)16(23)21-13-6-4-12(18)5-7-13/h2-9H,1H3,(H,21,23). The van der Waals surface area contributed by atoms with Crippen LogP contribution < -0.4 is 10.1 Å². The summed E-state index contributed by atoms with van der Waals surface area (Å²) >= 11 is 0. The Hall–Kier alpha value is -3.27. The van der Waals surface area contributed by atoms with Gasteiger partial charge in [0.05, 0.1) is 7.11 Å². The van der Waals surface area contributed by atoms with Gasteiger partial charge in [-0.15, -0.1) is 0 Å². The SMILES string of the molecule is COc1ccc(C(=O)C(F)(C#N)C(=O)Nc2ccc(F)cc2)cc1. The number of carbonyl (C=O) groups excluding carboxylic acids is 2. The summed E-state index contributed by atoms with van der Waals surface area (Å²) < 4.78 is 32.5. The Kier molecular flexibility index (Phi) is 4.90. The summed E-state index contributed by atoms with van der Waals surface area (Å²) in [5.74, 6) is -2.86. The average Bonchev–Trinajstić information content (AvgIpc) is 2.62. The maximum absolute atomic E-state index is 14.7. The van der Waals surface area contributed by atoms with Gasteiger partial charge in [-0.2, -0.15) is 5.26 Å². The van der Waals surface area contributed by atoms with Crippen LogP contribution in [-0.2, 0) is 4.79 Å². The van der Waals surface area contributed by atoms with Gasteiger partial charge in [-0.1, -0.05) is 0 Å². The van der Waals surface area contributed by atoms with Crippen LogP contribution in [0.4, 0.5) is 14.5 Å². The van der Waals surface area contributed by atoms with Gasteiger partial charge in [0.15, 0.2) is 0 Å². The van der Waals surface area contributed by atoms with E-state index in [0.717, 1.165) is 18.2 Å². The smallest absolute Gasteiger partial charge is 0.334 e. The van der Waals surface area contributed by atoms with Gasteiger partial charge in [-0.3, -0.25) is 9.59 Å². The van der Waals surface area contributed by atoms with Crippen molar-refractivity contribution in [2.45, 2.75) is 5.67 Å². The van der Waals surface area contributed by atoms with Crippen LogP contribution >= 0.6 is 0 Å². The molecule has 1 amide bonds. The molecule has 2 aromatic rings. The van der Waals surface area contributed by atoms with E-state index in [4.69, 9.17) is 10.00 Å². The quantitative estimate of drug-likeness (QED) is 0.675. The van der Waals surface area contributed by atoms with Crippen LogP contribution in [0.3, 0.4) is 0 Å². The zero-order valence-electron chi connectivity index (χ0n) is 12.5. The van der Waals surface area contributed by atoms with Crippen LogP contribution in [-0.4, -0.2) is 24.5 Å². The summed E-state index contributed by atoms with van der Waals surface area (Å²) in [6.07, 6.45) is 0. The van der Waals surface area contributed by atoms with E-state index >= 15 is 0 Å². The normalized spacial score (nSPS) is 12.6. The fourth-order valence-corrected chi connectivity index (χ4v) is 1.90. The third-order valence-corrected chi connectivity index (χ3v) is 3.23. The van der Waals surface area contributed by atoms with Crippen molar-refractivity contribution < 1.29 is 23.1 Å². The highest BCUT2D eigenvalue weighted by Gasteiger charge is 2.47. The molecule has 0 aliphatic heterocycles. The molecule has 0 radical (unpaired) electrons. The molecular weight excluding hydrogens is 318 g/mol. The lowest BCUT2D eigenvalue weighted by atomic mass is 9.94. The molecule has 0 aliphatic rings. The second-order valence-corrected chi connectivity index (χ2v) is 4.79. The highest BCUT2D eigenvalue weighted by Crippen LogP contribution is 2.22. The number of hydrogen-bond acceptors (Lipinski definition) is 4. The first-order valence-corrected chi connectivity index (χ1v) is 6.76. The lowest BCUT2D eigenvalue weighted by molar-refractivity contribution is -0.122. The molecule has 0 saturated heterocycles. The Labute approximate surface area is 136 Å². The van der Waals surface area contributed by atoms with E-state index < -0.39 is 23.2 Å². The van der Waals surface area contributed by atoms with E-state index in [1.54, 1.807) is 0 Å². The second-order valence-electron chi connectivity index (χ2n) is 4.79. The van der Waals surface area contributed by atoms with E-state index in [9.17, 15) is 18.4 Å². The minimum absolute atomic E-state index is 0.0567. The summed E-state index contributed by atoms with van der Waals surface area (Å²) in [6.45, 7) is 0. The van der Waals surface area contributed by atoms with Crippen molar-refractivity contribution in [2.75, 3.05) is 12.4 Å². The fraction of sp³-hybridized carbons (Fsp3) is 0.118. The lowest BCUT2D eigenvalue weighted by Crippen LogP contribution is -2.44. The van der Waals surface area contributed by atoms with Crippen LogP contribution in [0.25, 0.3) is 0 Å². The highest BCUT2D eigenvalue weighted by molar-refractivity contribution is 6.22. The molecule has 2 aromatic carbocycles. The van der Waals surface area contributed by atoms with Crippen molar-refractivity contribution in [3.05, 3.63) is 59.9 Å². The number of rotatable bonds is 5. The van der Waals surface area contributed by atoms with Crippen LogP contribution in [0.2, 0.25) is 0 Å². The summed E-state index contributed by atoms with van der Waals surface area (Å²) in [7, 11) is 1.42. The molecule has 122 valence electrons. The van der Waals surface area contributed by atoms with Crippen LogP contribution in [0.5, 0.6) is 5.75 Å². The number of amides is 1. The van der Waals surface area contributed by atoms with E-state index in [1.807, 2.05) is 0 Å². The number of Topliss-reactive ketones (excluding diaryl/α,β-unsaturated/α-hetero) is 1. The first-order valence-electron chi connectivity index (χ1n) is 6.76. The van der Waals surface area contributed by atoms with Crippen molar-refractivity contribution in [2.24, 2.45) is 0 Å². The molecule has 0 heterocycles. The first-order chi connectivity index (χ1) is 11.4. The number of methoxy groups -OCH3 is 1. The summed E-state index contributed by atoms with van der Waals surface area (Å²) in [6, 6.07) is 10.9. The van der Waals surface area contributed by atoms with E-state index in [-0.39, 0.29) is 11.3 Å². The monoisotopic (exact) mass is 330 g/mol. The lowest BCUT2D eigenvalue weighted by Gasteiger charge is -2.16. The van der Waals surface area contributed by atoms with Crippen molar-refractivity contribution in [3.8, 4) is 11.8 Å². The van der Waals surface area contributed by atoms with Crippen molar-refractivity contribution >= 4 is 17.4 Å². The van der Waals surface area contributed by atoms with E-state index in [0.29, 0.717) is 5.75 Å². The molecule has 1 atom stereocenters. The van der Waals surface area contributed by atoms with Crippen LogP contribution in [0.1, 0.15) is 10.4 Å². The Bertz CT molecular complexity index is 798. The number of ether oxygens (including phenoxy) is 1. The second kappa shape index (κ2) is 6.87. The molecule has 2 rings (SSSR count). The first kappa shape index (κ1) is 17.1. The number of nitrogens with one attached hydrogen (secondary N) is 1. The molecule has 1 N–H and O–H groups in total. The average molecular weight is 330 g/mol. The molecule has 1 unspecified atom stereocenters. The number of hydrogen-bond donors (Lipinski definition) is 1. The predicted octanol–water partition coefficient (Wildman–Crippen LogP) is 2.89. The van der Waals surface area contributed by atoms with Gasteiger partial charge in [-0.05, 0) is 48.5 Å². The Morgan fingerprint density at radius 2 is 1.71 bits per heavy atom. The Morgan fingerprint density at radius 3 is 2.21 bits per heavy atom. The number of ketones is 1. The minimum Gasteiger partial charge on any atom is -0.497 e. The van der Waals surface area contributed by atoms with Gasteiger partial charge in [0.2, 0.25) is 5.78 Å². The van der Waals surface area contributed by atoms with E-state index in [2.05, 4.69) is 5.32 Å². The molecule has 0 aromatic heterocycles. The number of carbonyl (C=O) groups is 2. The maximum Gasteiger partial charge on any atom is 0.334 e. The topological polar surface area (TPSA) is 79.2 Å². The van der Waals surface area contributed by atoms with Gasteiger partial charge >= 0.3 is 5.67 Å². The van der Waals surface area contributed by atoms with Crippen molar-refractivity contribution in [1.82, 2.24) is 0 Å². The van der Waals surface area contributed by atoms with Crippen LogP contribution in [0.15, 0.2) is 48.5 Å². The summed E-state index contributed by atoms with van der Waals surface area (Å²) in [4.78, 5) is 24.3. The van der Waals surface area contributed by atoms with Crippen molar-refractivity contribution in [3.63, 3.8) is 0 Å². The number of nitriles is 1.